The number of hydrogen-bond acceptors (Lipinski definition) is 7. The number of carbonyl (C=O) groups is 3. The standard InChI is InChI=1S/C21H26N4O5S2/c1-13-3-4-15(9-14(13)2)22-20(27)18-10-31-12-24(18)21(28)17-5-6-19(26)25(23-17)16-7-8-32(29,30)11-16/h3-4,9,16,18H,5-8,10-12H2,1-2H3,(H,22,27). The van der Waals surface area contributed by atoms with E-state index in [-0.39, 0.29) is 47.8 Å². The number of nitrogens with zero attached hydrogens (tertiary/aromatic N) is 3. The van der Waals surface area contributed by atoms with Crippen molar-refractivity contribution in [2.75, 3.05) is 28.5 Å². The third kappa shape index (κ3) is 4.68. The molecule has 1 N–H and O–H groups in total. The Kier molecular flexibility index (Phi) is 6.30. The first-order chi connectivity index (χ1) is 15.1. The molecule has 172 valence electrons. The van der Waals surface area contributed by atoms with Gasteiger partial charge in [-0.2, -0.15) is 5.10 Å². The van der Waals surface area contributed by atoms with Gasteiger partial charge in [-0.05, 0) is 43.5 Å². The molecule has 0 aliphatic carbocycles. The van der Waals surface area contributed by atoms with E-state index in [0.717, 1.165) is 11.1 Å². The van der Waals surface area contributed by atoms with Crippen LogP contribution in [0, 0.1) is 13.8 Å². The molecule has 3 aliphatic heterocycles. The number of amides is 3. The van der Waals surface area contributed by atoms with Gasteiger partial charge >= 0.3 is 0 Å². The highest BCUT2D eigenvalue weighted by Crippen LogP contribution is 2.26. The van der Waals surface area contributed by atoms with Crippen molar-refractivity contribution in [2.24, 2.45) is 5.10 Å². The molecule has 9 nitrogen and oxygen atoms in total. The zero-order valence-corrected chi connectivity index (χ0v) is 19.7. The molecule has 3 amide bonds. The van der Waals surface area contributed by atoms with Gasteiger partial charge in [0.05, 0.1) is 23.4 Å². The summed E-state index contributed by atoms with van der Waals surface area (Å²) < 4.78 is 23.6. The number of aryl methyl sites for hydroxylation is 2. The summed E-state index contributed by atoms with van der Waals surface area (Å²) in [6.45, 7) is 3.96. The third-order valence-corrected chi connectivity index (χ3v) is 8.84. The van der Waals surface area contributed by atoms with Gasteiger partial charge in [-0.15, -0.1) is 11.8 Å². The van der Waals surface area contributed by atoms with E-state index >= 15 is 0 Å². The van der Waals surface area contributed by atoms with Crippen molar-refractivity contribution in [2.45, 2.75) is 45.2 Å². The molecule has 0 bridgehead atoms. The molecule has 3 aliphatic rings. The highest BCUT2D eigenvalue weighted by molar-refractivity contribution is 7.99. The number of anilines is 1. The number of nitrogens with one attached hydrogen (secondary N) is 1. The molecule has 0 aromatic heterocycles. The Morgan fingerprint density at radius 3 is 2.66 bits per heavy atom. The normalized spacial score (nSPS) is 25.1. The van der Waals surface area contributed by atoms with Crippen LogP contribution in [0.2, 0.25) is 0 Å². The van der Waals surface area contributed by atoms with Gasteiger partial charge in [0.1, 0.15) is 11.8 Å². The molecular weight excluding hydrogens is 452 g/mol. The molecule has 0 saturated carbocycles. The van der Waals surface area contributed by atoms with Gasteiger partial charge in [-0.25, -0.2) is 13.4 Å². The molecule has 1 aromatic carbocycles. The van der Waals surface area contributed by atoms with E-state index in [1.54, 1.807) is 0 Å². The molecule has 0 spiro atoms. The maximum Gasteiger partial charge on any atom is 0.271 e. The van der Waals surface area contributed by atoms with Crippen LogP contribution in [0.25, 0.3) is 0 Å². The predicted molar refractivity (Wildman–Crippen MR) is 123 cm³/mol. The minimum Gasteiger partial charge on any atom is -0.324 e. The second kappa shape index (κ2) is 8.86. The van der Waals surface area contributed by atoms with Crippen molar-refractivity contribution in [3.8, 4) is 0 Å². The van der Waals surface area contributed by atoms with Gasteiger partial charge in [-0.3, -0.25) is 14.4 Å². The Labute approximate surface area is 191 Å². The van der Waals surface area contributed by atoms with Crippen LogP contribution in [-0.4, -0.2) is 77.0 Å². The fourth-order valence-corrected chi connectivity index (χ4v) is 6.90. The number of hydrazone groups is 1. The summed E-state index contributed by atoms with van der Waals surface area (Å²) in [4.78, 5) is 39.9. The number of carbonyl (C=O) groups excluding carboxylic acids is 3. The van der Waals surface area contributed by atoms with E-state index in [0.29, 0.717) is 23.7 Å². The van der Waals surface area contributed by atoms with E-state index in [4.69, 9.17) is 0 Å². The fraction of sp³-hybridized carbons (Fsp3) is 0.524. The lowest BCUT2D eigenvalue weighted by atomic mass is 10.1. The second-order valence-electron chi connectivity index (χ2n) is 8.42. The first-order valence-corrected chi connectivity index (χ1v) is 13.5. The fourth-order valence-electron chi connectivity index (χ4n) is 4.05. The summed E-state index contributed by atoms with van der Waals surface area (Å²) in [5.74, 6) is -0.211. The van der Waals surface area contributed by atoms with E-state index in [9.17, 15) is 22.8 Å². The molecule has 2 atom stereocenters. The van der Waals surface area contributed by atoms with Crippen molar-refractivity contribution >= 4 is 50.7 Å². The first-order valence-electron chi connectivity index (χ1n) is 10.5. The highest BCUT2D eigenvalue weighted by atomic mass is 32.2. The number of hydrogen-bond donors (Lipinski definition) is 1. The van der Waals surface area contributed by atoms with Gasteiger partial charge in [0, 0.05) is 24.3 Å². The molecule has 2 fully saturated rings. The second-order valence-corrected chi connectivity index (χ2v) is 11.6. The van der Waals surface area contributed by atoms with E-state index < -0.39 is 21.9 Å². The summed E-state index contributed by atoms with van der Waals surface area (Å²) in [6, 6.07) is 4.48. The number of thioether (sulfide) groups is 1. The zero-order chi connectivity index (χ0) is 23.0. The van der Waals surface area contributed by atoms with Gasteiger partial charge in [-0.1, -0.05) is 6.07 Å². The average Bonchev–Trinajstić information content (AvgIpc) is 3.37. The molecule has 32 heavy (non-hydrogen) atoms. The topological polar surface area (TPSA) is 116 Å². The Hall–Kier alpha value is -2.40. The van der Waals surface area contributed by atoms with Crippen LogP contribution in [-0.2, 0) is 24.2 Å². The number of benzene rings is 1. The first kappa shape index (κ1) is 22.8. The summed E-state index contributed by atoms with van der Waals surface area (Å²) in [7, 11) is -3.19. The van der Waals surface area contributed by atoms with Gasteiger partial charge in [0.25, 0.3) is 5.91 Å². The van der Waals surface area contributed by atoms with E-state index in [1.807, 2.05) is 32.0 Å². The third-order valence-electron chi connectivity index (χ3n) is 6.08. The van der Waals surface area contributed by atoms with Gasteiger partial charge in [0.15, 0.2) is 9.84 Å². The summed E-state index contributed by atoms with van der Waals surface area (Å²) in [5, 5.41) is 8.33. The quantitative estimate of drug-likeness (QED) is 0.698. The summed E-state index contributed by atoms with van der Waals surface area (Å²) in [6.07, 6.45) is 0.599. The Morgan fingerprint density at radius 1 is 1.19 bits per heavy atom. The van der Waals surface area contributed by atoms with Crippen molar-refractivity contribution in [3.05, 3.63) is 29.3 Å². The number of sulfone groups is 1. The lowest BCUT2D eigenvalue weighted by molar-refractivity contribution is -0.134. The van der Waals surface area contributed by atoms with Crippen LogP contribution < -0.4 is 5.32 Å². The summed E-state index contributed by atoms with van der Waals surface area (Å²) >= 11 is 1.48. The molecular formula is C21H26N4O5S2. The van der Waals surface area contributed by atoms with Gasteiger partial charge in [0.2, 0.25) is 11.8 Å². The molecule has 0 radical (unpaired) electrons. The van der Waals surface area contributed by atoms with Crippen molar-refractivity contribution in [1.82, 2.24) is 9.91 Å². The minimum atomic E-state index is -3.19. The number of rotatable bonds is 4. The summed E-state index contributed by atoms with van der Waals surface area (Å²) in [5.41, 5.74) is 3.06. The van der Waals surface area contributed by atoms with Crippen LogP contribution in [0.5, 0.6) is 0 Å². The van der Waals surface area contributed by atoms with Gasteiger partial charge < -0.3 is 10.2 Å². The van der Waals surface area contributed by atoms with Crippen LogP contribution in [0.3, 0.4) is 0 Å². The molecule has 4 rings (SSSR count). The van der Waals surface area contributed by atoms with E-state index in [1.165, 1.54) is 21.7 Å². The smallest absolute Gasteiger partial charge is 0.271 e. The van der Waals surface area contributed by atoms with Crippen LogP contribution in [0.1, 0.15) is 30.4 Å². The molecule has 2 unspecified atom stereocenters. The molecule has 3 heterocycles. The Morgan fingerprint density at radius 2 is 1.97 bits per heavy atom. The maximum absolute atomic E-state index is 13.2. The monoisotopic (exact) mass is 478 g/mol. The Bertz CT molecular complexity index is 1100. The van der Waals surface area contributed by atoms with Crippen LogP contribution >= 0.6 is 11.8 Å². The lowest BCUT2D eigenvalue weighted by Gasteiger charge is -2.30. The van der Waals surface area contributed by atoms with Crippen molar-refractivity contribution in [3.63, 3.8) is 0 Å². The zero-order valence-electron chi connectivity index (χ0n) is 18.0. The van der Waals surface area contributed by atoms with Crippen LogP contribution in [0.15, 0.2) is 23.3 Å². The lowest BCUT2D eigenvalue weighted by Crippen LogP contribution is -2.49. The molecule has 1 aromatic rings. The van der Waals surface area contributed by atoms with E-state index in [2.05, 4.69) is 10.4 Å². The predicted octanol–water partition coefficient (Wildman–Crippen LogP) is 1.31. The van der Waals surface area contributed by atoms with Crippen LogP contribution in [0.4, 0.5) is 5.69 Å². The minimum absolute atomic E-state index is 0.0176. The Balaban J connectivity index is 1.48. The van der Waals surface area contributed by atoms with Crippen molar-refractivity contribution < 1.29 is 22.8 Å². The SMILES string of the molecule is Cc1ccc(NC(=O)C2CSCN2C(=O)C2=NN(C3CCS(=O)(=O)C3)C(=O)CC2)cc1C. The maximum atomic E-state index is 13.2. The average molecular weight is 479 g/mol. The highest BCUT2D eigenvalue weighted by Gasteiger charge is 2.40. The molecule has 11 heteroatoms. The van der Waals surface area contributed by atoms with Crippen molar-refractivity contribution in [1.29, 1.82) is 0 Å². The largest absolute Gasteiger partial charge is 0.324 e. The molecule has 2 saturated heterocycles.